The minimum Gasteiger partial charge on any atom is -0.385 e. The van der Waals surface area contributed by atoms with Crippen molar-refractivity contribution < 1.29 is 4.74 Å². The number of benzene rings is 1. The average Bonchev–Trinajstić information content (AvgIpc) is 2.37. The zero-order valence-corrected chi connectivity index (χ0v) is 13.3. The van der Waals surface area contributed by atoms with Gasteiger partial charge in [-0.3, -0.25) is 0 Å². The lowest BCUT2D eigenvalue weighted by atomic mass is 9.89. The Labute approximate surface area is 122 Å². The van der Waals surface area contributed by atoms with Crippen molar-refractivity contribution in [2.24, 2.45) is 5.41 Å². The lowest BCUT2D eigenvalue weighted by molar-refractivity contribution is 0.148. The van der Waals surface area contributed by atoms with Crippen LogP contribution in [0.5, 0.6) is 0 Å². The number of methoxy groups -OCH3 is 1. The predicted octanol–water partition coefficient (Wildman–Crippen LogP) is 4.44. The average molecular weight is 284 g/mol. The summed E-state index contributed by atoms with van der Waals surface area (Å²) in [7, 11) is 1.75. The van der Waals surface area contributed by atoms with Gasteiger partial charge in [0, 0.05) is 31.3 Å². The summed E-state index contributed by atoms with van der Waals surface area (Å²) in [4.78, 5) is 0. The molecule has 1 aromatic carbocycles. The molecule has 1 aromatic rings. The molecule has 3 heteroatoms. The maximum absolute atomic E-state index is 6.06. The SMILES string of the molecule is CCC(NCC(C)(C)CCOC)c1cccc(Cl)c1. The van der Waals surface area contributed by atoms with E-state index in [-0.39, 0.29) is 5.41 Å². The summed E-state index contributed by atoms with van der Waals surface area (Å²) < 4.78 is 5.17. The van der Waals surface area contributed by atoms with Gasteiger partial charge in [0.25, 0.3) is 0 Å². The standard InChI is InChI=1S/C16H26ClNO/c1-5-15(13-7-6-8-14(17)11-13)18-12-16(2,3)9-10-19-4/h6-8,11,15,18H,5,9-10,12H2,1-4H3. The molecule has 0 heterocycles. The van der Waals surface area contributed by atoms with Crippen molar-refractivity contribution in [2.75, 3.05) is 20.3 Å². The van der Waals surface area contributed by atoms with Gasteiger partial charge in [-0.25, -0.2) is 0 Å². The third-order valence-electron chi connectivity index (χ3n) is 3.47. The van der Waals surface area contributed by atoms with Crippen molar-refractivity contribution >= 4 is 11.6 Å². The van der Waals surface area contributed by atoms with Crippen molar-refractivity contribution in [3.05, 3.63) is 34.9 Å². The van der Waals surface area contributed by atoms with Crippen LogP contribution in [0.1, 0.15) is 45.2 Å². The van der Waals surface area contributed by atoms with Gasteiger partial charge in [-0.2, -0.15) is 0 Å². The Balaban J connectivity index is 2.58. The first-order valence-corrected chi connectivity index (χ1v) is 7.34. The van der Waals surface area contributed by atoms with Crippen LogP contribution in [-0.2, 0) is 4.74 Å². The van der Waals surface area contributed by atoms with Gasteiger partial charge in [0.15, 0.2) is 0 Å². The van der Waals surface area contributed by atoms with E-state index in [1.807, 2.05) is 18.2 Å². The Morgan fingerprint density at radius 1 is 1.37 bits per heavy atom. The van der Waals surface area contributed by atoms with Gasteiger partial charge in [-0.05, 0) is 36.0 Å². The highest BCUT2D eigenvalue weighted by Gasteiger charge is 2.19. The van der Waals surface area contributed by atoms with Crippen molar-refractivity contribution in [1.82, 2.24) is 5.32 Å². The highest BCUT2D eigenvalue weighted by molar-refractivity contribution is 6.30. The van der Waals surface area contributed by atoms with Gasteiger partial charge < -0.3 is 10.1 Å². The van der Waals surface area contributed by atoms with Crippen molar-refractivity contribution in [3.8, 4) is 0 Å². The van der Waals surface area contributed by atoms with Crippen molar-refractivity contribution in [3.63, 3.8) is 0 Å². The molecular weight excluding hydrogens is 258 g/mol. The van der Waals surface area contributed by atoms with E-state index in [1.54, 1.807) is 7.11 Å². The van der Waals surface area contributed by atoms with Crippen LogP contribution in [0, 0.1) is 5.41 Å². The molecule has 0 spiro atoms. The van der Waals surface area contributed by atoms with E-state index in [2.05, 4.69) is 32.2 Å². The fourth-order valence-electron chi connectivity index (χ4n) is 2.09. The minimum absolute atomic E-state index is 0.238. The fourth-order valence-corrected chi connectivity index (χ4v) is 2.29. The van der Waals surface area contributed by atoms with E-state index in [4.69, 9.17) is 16.3 Å². The third kappa shape index (κ3) is 5.94. The van der Waals surface area contributed by atoms with E-state index in [1.165, 1.54) is 5.56 Å². The summed E-state index contributed by atoms with van der Waals surface area (Å²) in [6.07, 6.45) is 2.11. The van der Waals surface area contributed by atoms with Crippen LogP contribution >= 0.6 is 11.6 Å². The quantitative estimate of drug-likeness (QED) is 0.761. The Morgan fingerprint density at radius 2 is 2.11 bits per heavy atom. The number of hydrogen-bond acceptors (Lipinski definition) is 2. The maximum atomic E-state index is 6.06. The van der Waals surface area contributed by atoms with Gasteiger partial charge in [0.1, 0.15) is 0 Å². The maximum Gasteiger partial charge on any atom is 0.0467 e. The molecule has 1 atom stereocenters. The van der Waals surface area contributed by atoms with Crippen LogP contribution in [0.15, 0.2) is 24.3 Å². The Kier molecular flexibility index (Phi) is 6.84. The lowest BCUT2D eigenvalue weighted by Gasteiger charge is -2.28. The molecule has 1 rings (SSSR count). The summed E-state index contributed by atoms with van der Waals surface area (Å²) in [5.74, 6) is 0. The van der Waals surface area contributed by atoms with Crippen LogP contribution < -0.4 is 5.32 Å². The van der Waals surface area contributed by atoms with Gasteiger partial charge in [-0.15, -0.1) is 0 Å². The molecule has 0 aromatic heterocycles. The summed E-state index contributed by atoms with van der Waals surface area (Å²) in [6.45, 7) is 8.51. The fraction of sp³-hybridized carbons (Fsp3) is 0.625. The molecule has 108 valence electrons. The summed E-state index contributed by atoms with van der Waals surface area (Å²) in [5.41, 5.74) is 1.50. The first kappa shape index (κ1) is 16.5. The predicted molar refractivity (Wildman–Crippen MR) is 82.8 cm³/mol. The monoisotopic (exact) mass is 283 g/mol. The van der Waals surface area contributed by atoms with Crippen LogP contribution in [0.25, 0.3) is 0 Å². The number of hydrogen-bond donors (Lipinski definition) is 1. The van der Waals surface area contributed by atoms with E-state index in [0.717, 1.165) is 31.0 Å². The third-order valence-corrected chi connectivity index (χ3v) is 3.70. The molecule has 0 saturated heterocycles. The molecule has 2 nitrogen and oxygen atoms in total. The van der Waals surface area contributed by atoms with Crippen molar-refractivity contribution in [1.29, 1.82) is 0 Å². The van der Waals surface area contributed by atoms with Gasteiger partial charge >= 0.3 is 0 Å². The van der Waals surface area contributed by atoms with Crippen LogP contribution in [0.2, 0.25) is 5.02 Å². The summed E-state index contributed by atoms with van der Waals surface area (Å²) in [6, 6.07) is 8.47. The number of ether oxygens (including phenoxy) is 1. The zero-order valence-electron chi connectivity index (χ0n) is 12.5. The topological polar surface area (TPSA) is 21.3 Å². The van der Waals surface area contributed by atoms with Gasteiger partial charge in [0.2, 0.25) is 0 Å². The van der Waals surface area contributed by atoms with Gasteiger partial charge in [-0.1, -0.05) is 44.5 Å². The molecule has 0 amide bonds. The Morgan fingerprint density at radius 3 is 2.68 bits per heavy atom. The largest absolute Gasteiger partial charge is 0.385 e. The molecular formula is C16H26ClNO. The first-order valence-electron chi connectivity index (χ1n) is 6.96. The van der Waals surface area contributed by atoms with Crippen molar-refractivity contribution in [2.45, 2.75) is 39.7 Å². The normalized spacial score (nSPS) is 13.5. The number of rotatable bonds is 8. The summed E-state index contributed by atoms with van der Waals surface area (Å²) >= 11 is 6.06. The molecule has 19 heavy (non-hydrogen) atoms. The van der Waals surface area contributed by atoms with Crippen LogP contribution in [0.4, 0.5) is 0 Å². The molecule has 0 fully saturated rings. The van der Waals surface area contributed by atoms with Gasteiger partial charge in [0.05, 0.1) is 0 Å². The highest BCUT2D eigenvalue weighted by atomic mass is 35.5. The Bertz CT molecular complexity index is 379. The molecule has 0 aliphatic carbocycles. The molecule has 0 aliphatic rings. The molecule has 1 N–H and O–H groups in total. The molecule has 1 unspecified atom stereocenters. The van der Waals surface area contributed by atoms with E-state index < -0.39 is 0 Å². The smallest absolute Gasteiger partial charge is 0.0467 e. The highest BCUT2D eigenvalue weighted by Crippen LogP contribution is 2.24. The first-order chi connectivity index (χ1) is 8.98. The summed E-state index contributed by atoms with van der Waals surface area (Å²) in [5, 5.41) is 4.45. The lowest BCUT2D eigenvalue weighted by Crippen LogP contribution is -2.33. The second-order valence-corrected chi connectivity index (χ2v) is 6.24. The second kappa shape index (κ2) is 7.88. The van der Waals surface area contributed by atoms with E-state index in [0.29, 0.717) is 6.04 Å². The van der Waals surface area contributed by atoms with E-state index in [9.17, 15) is 0 Å². The minimum atomic E-state index is 0.238. The molecule has 0 saturated carbocycles. The molecule has 0 radical (unpaired) electrons. The zero-order chi connectivity index (χ0) is 14.3. The molecule has 0 aliphatic heterocycles. The molecule has 0 bridgehead atoms. The second-order valence-electron chi connectivity index (χ2n) is 5.80. The number of halogens is 1. The van der Waals surface area contributed by atoms with E-state index >= 15 is 0 Å². The van der Waals surface area contributed by atoms with Crippen LogP contribution in [-0.4, -0.2) is 20.3 Å². The Hall–Kier alpha value is -0.570. The number of nitrogens with one attached hydrogen (secondary N) is 1. The van der Waals surface area contributed by atoms with Crippen LogP contribution in [0.3, 0.4) is 0 Å².